The van der Waals surface area contributed by atoms with Gasteiger partial charge in [0.25, 0.3) is 5.56 Å². The first kappa shape index (κ1) is 15.3. The Labute approximate surface area is 129 Å². The second-order valence-corrected chi connectivity index (χ2v) is 5.53. The summed E-state index contributed by atoms with van der Waals surface area (Å²) in [4.78, 5) is 12.5. The Morgan fingerprint density at radius 1 is 1.48 bits per heavy atom. The number of aromatic nitrogens is 3. The van der Waals surface area contributed by atoms with Crippen LogP contribution >= 0.6 is 15.9 Å². The van der Waals surface area contributed by atoms with Crippen LogP contribution in [-0.4, -0.2) is 25.4 Å². The number of pyridine rings is 1. The van der Waals surface area contributed by atoms with E-state index in [0.29, 0.717) is 6.54 Å². The normalized spacial score (nSPS) is 11.9. The van der Waals surface area contributed by atoms with Crippen LogP contribution in [0.25, 0.3) is 0 Å². The van der Waals surface area contributed by atoms with E-state index in [1.54, 1.807) is 21.4 Å². The van der Waals surface area contributed by atoms with Crippen molar-refractivity contribution >= 4 is 21.8 Å². The third-order valence-electron chi connectivity index (χ3n) is 3.35. The van der Waals surface area contributed by atoms with Gasteiger partial charge in [0.15, 0.2) is 5.84 Å². The van der Waals surface area contributed by atoms with Crippen LogP contribution in [0.15, 0.2) is 26.6 Å². The molecule has 0 unspecified atom stereocenters. The molecule has 0 aromatic carbocycles. The molecule has 0 saturated carbocycles. The Balaban J connectivity index is 2.57. The average molecular weight is 354 g/mol. The largest absolute Gasteiger partial charge is 0.409 e. The Kier molecular flexibility index (Phi) is 4.17. The van der Waals surface area contributed by atoms with Crippen molar-refractivity contribution in [3.63, 3.8) is 0 Å². The zero-order valence-electron chi connectivity index (χ0n) is 12.0. The van der Waals surface area contributed by atoms with E-state index < -0.39 is 0 Å². The van der Waals surface area contributed by atoms with Crippen molar-refractivity contribution in [2.45, 2.75) is 20.4 Å². The smallest absolute Gasteiger partial charge is 0.262 e. The zero-order chi connectivity index (χ0) is 15.7. The highest BCUT2D eigenvalue weighted by atomic mass is 79.9. The number of nitrogens with two attached hydrogens (primary N) is 1. The highest BCUT2D eigenvalue weighted by Crippen LogP contribution is 2.21. The fourth-order valence-electron chi connectivity index (χ4n) is 2.12. The third kappa shape index (κ3) is 2.71. The Morgan fingerprint density at radius 3 is 2.67 bits per heavy atom. The molecule has 0 bridgehead atoms. The van der Waals surface area contributed by atoms with Crippen LogP contribution in [0.5, 0.6) is 0 Å². The topological polar surface area (TPSA) is 98.4 Å². The fourth-order valence-corrected chi connectivity index (χ4v) is 2.58. The molecule has 2 aromatic heterocycles. The molecule has 0 saturated heterocycles. The van der Waals surface area contributed by atoms with Crippen molar-refractivity contribution in [3.05, 3.63) is 49.6 Å². The maximum atomic E-state index is 12.5. The summed E-state index contributed by atoms with van der Waals surface area (Å²) in [6.07, 6.45) is 0. The molecule has 8 heteroatoms. The van der Waals surface area contributed by atoms with Crippen molar-refractivity contribution < 1.29 is 5.21 Å². The highest BCUT2D eigenvalue weighted by Gasteiger charge is 2.15. The molecule has 7 nitrogen and oxygen atoms in total. The number of hydrogen-bond donors (Lipinski definition) is 2. The summed E-state index contributed by atoms with van der Waals surface area (Å²) in [5.74, 6) is -0.200. The highest BCUT2D eigenvalue weighted by molar-refractivity contribution is 9.10. The van der Waals surface area contributed by atoms with Gasteiger partial charge in [-0.25, -0.2) is 0 Å². The summed E-state index contributed by atoms with van der Waals surface area (Å²) in [6.45, 7) is 4.06. The standard InChI is InChI=1S/C13H16BrN5O2/c1-7-4-5-9(12(15)17-21)13(20)19(7)6-10-11(14)8(2)16-18(10)3/h4-5,21H,6H2,1-3H3,(H2,15,17). The molecule has 2 heterocycles. The van der Waals surface area contributed by atoms with Gasteiger partial charge >= 0.3 is 0 Å². The predicted molar refractivity (Wildman–Crippen MR) is 82.7 cm³/mol. The third-order valence-corrected chi connectivity index (χ3v) is 4.38. The summed E-state index contributed by atoms with van der Waals surface area (Å²) in [6, 6.07) is 3.30. The number of aryl methyl sites for hydroxylation is 3. The first-order valence-electron chi connectivity index (χ1n) is 6.23. The van der Waals surface area contributed by atoms with Gasteiger partial charge in [0, 0.05) is 12.7 Å². The van der Waals surface area contributed by atoms with Gasteiger partial charge in [-0.3, -0.25) is 9.48 Å². The molecule has 0 aliphatic heterocycles. The van der Waals surface area contributed by atoms with Gasteiger partial charge < -0.3 is 15.5 Å². The van der Waals surface area contributed by atoms with Gasteiger partial charge in [0.2, 0.25) is 0 Å². The van der Waals surface area contributed by atoms with Gasteiger partial charge in [0.1, 0.15) is 0 Å². The average Bonchev–Trinajstić information content (AvgIpc) is 2.68. The van der Waals surface area contributed by atoms with Crippen molar-refractivity contribution in [1.82, 2.24) is 14.3 Å². The number of amidine groups is 1. The van der Waals surface area contributed by atoms with Crippen molar-refractivity contribution in [3.8, 4) is 0 Å². The molecule has 0 amide bonds. The van der Waals surface area contributed by atoms with E-state index in [0.717, 1.165) is 21.6 Å². The summed E-state index contributed by atoms with van der Waals surface area (Å²) < 4.78 is 4.15. The van der Waals surface area contributed by atoms with Gasteiger partial charge in [-0.05, 0) is 41.9 Å². The van der Waals surface area contributed by atoms with Gasteiger partial charge in [-0.1, -0.05) is 5.16 Å². The van der Waals surface area contributed by atoms with Crippen LogP contribution in [0, 0.1) is 13.8 Å². The number of halogens is 1. The van der Waals surface area contributed by atoms with Crippen LogP contribution in [0.4, 0.5) is 0 Å². The summed E-state index contributed by atoms with van der Waals surface area (Å²) in [5, 5.41) is 15.9. The van der Waals surface area contributed by atoms with Gasteiger partial charge in [0.05, 0.1) is 28.0 Å². The van der Waals surface area contributed by atoms with Crippen LogP contribution in [-0.2, 0) is 13.6 Å². The van der Waals surface area contributed by atoms with E-state index in [1.165, 1.54) is 0 Å². The van der Waals surface area contributed by atoms with E-state index >= 15 is 0 Å². The second kappa shape index (κ2) is 5.72. The number of oxime groups is 1. The van der Waals surface area contributed by atoms with E-state index in [9.17, 15) is 4.79 Å². The summed E-state index contributed by atoms with van der Waals surface area (Å²) >= 11 is 3.48. The van der Waals surface area contributed by atoms with Crippen molar-refractivity contribution in [1.29, 1.82) is 0 Å². The predicted octanol–water partition coefficient (Wildman–Crippen LogP) is 1.10. The lowest BCUT2D eigenvalue weighted by molar-refractivity contribution is 0.318. The molecule has 3 N–H and O–H groups in total. The van der Waals surface area contributed by atoms with Crippen LogP contribution < -0.4 is 11.3 Å². The fraction of sp³-hybridized carbons (Fsp3) is 0.308. The Hall–Kier alpha value is -2.09. The molecule has 0 spiro atoms. The maximum absolute atomic E-state index is 12.5. The molecule has 2 aromatic rings. The monoisotopic (exact) mass is 353 g/mol. The molecular formula is C13H16BrN5O2. The first-order chi connectivity index (χ1) is 9.86. The Morgan fingerprint density at radius 2 is 2.14 bits per heavy atom. The van der Waals surface area contributed by atoms with E-state index in [4.69, 9.17) is 10.9 Å². The number of rotatable bonds is 3. The molecule has 2 rings (SSSR count). The molecule has 0 aliphatic carbocycles. The SMILES string of the molecule is Cc1nn(C)c(Cn2c(C)ccc(/C(N)=N/O)c2=O)c1Br. The van der Waals surface area contributed by atoms with Crippen LogP contribution in [0.3, 0.4) is 0 Å². The van der Waals surface area contributed by atoms with Gasteiger partial charge in [-0.2, -0.15) is 5.10 Å². The lowest BCUT2D eigenvalue weighted by Crippen LogP contribution is -2.32. The minimum atomic E-state index is -0.309. The van der Waals surface area contributed by atoms with Crippen molar-refractivity contribution in [2.75, 3.05) is 0 Å². The number of hydrogen-bond acceptors (Lipinski definition) is 4. The summed E-state index contributed by atoms with van der Waals surface area (Å²) in [5.41, 5.74) is 7.89. The molecular weight excluding hydrogens is 338 g/mol. The lowest BCUT2D eigenvalue weighted by atomic mass is 10.2. The second-order valence-electron chi connectivity index (χ2n) is 4.73. The first-order valence-corrected chi connectivity index (χ1v) is 7.02. The zero-order valence-corrected chi connectivity index (χ0v) is 13.5. The molecule has 0 atom stereocenters. The summed E-state index contributed by atoms with van der Waals surface area (Å²) in [7, 11) is 1.82. The minimum absolute atomic E-state index is 0.165. The molecule has 21 heavy (non-hydrogen) atoms. The van der Waals surface area contributed by atoms with E-state index in [-0.39, 0.29) is 17.0 Å². The quantitative estimate of drug-likeness (QED) is 0.373. The molecule has 0 aliphatic rings. The molecule has 0 radical (unpaired) electrons. The minimum Gasteiger partial charge on any atom is -0.409 e. The molecule has 112 valence electrons. The van der Waals surface area contributed by atoms with Crippen LogP contribution in [0.1, 0.15) is 22.6 Å². The molecule has 0 fully saturated rings. The van der Waals surface area contributed by atoms with Gasteiger partial charge in [-0.15, -0.1) is 0 Å². The van der Waals surface area contributed by atoms with E-state index in [2.05, 4.69) is 26.2 Å². The van der Waals surface area contributed by atoms with E-state index in [1.807, 2.05) is 20.9 Å². The maximum Gasteiger partial charge on any atom is 0.262 e. The number of nitrogens with zero attached hydrogens (tertiary/aromatic N) is 4. The lowest BCUT2D eigenvalue weighted by Gasteiger charge is -2.12. The Bertz CT molecular complexity index is 776. The van der Waals surface area contributed by atoms with Crippen molar-refractivity contribution in [2.24, 2.45) is 17.9 Å². The van der Waals surface area contributed by atoms with Crippen LogP contribution in [0.2, 0.25) is 0 Å².